The number of aromatic nitrogens is 2. The fourth-order valence-corrected chi connectivity index (χ4v) is 1.43. The minimum atomic E-state index is -4.98. The van der Waals surface area contributed by atoms with E-state index in [9.17, 15) is 31.1 Å². The third kappa shape index (κ3) is 2.83. The van der Waals surface area contributed by atoms with Gasteiger partial charge in [-0.15, -0.1) is 5.10 Å². The maximum Gasteiger partial charge on any atom is 0.434 e. The molecule has 0 amide bonds. The lowest BCUT2D eigenvalue weighted by Gasteiger charge is -2.12. The van der Waals surface area contributed by atoms with Crippen LogP contribution >= 0.6 is 0 Å². The van der Waals surface area contributed by atoms with Gasteiger partial charge < -0.3 is 4.42 Å². The van der Waals surface area contributed by atoms with E-state index in [1.165, 1.54) is 0 Å². The van der Waals surface area contributed by atoms with Crippen LogP contribution in [0.2, 0.25) is 0 Å². The van der Waals surface area contributed by atoms with Gasteiger partial charge in [0, 0.05) is 5.56 Å². The summed E-state index contributed by atoms with van der Waals surface area (Å²) < 4.78 is 79.8. The molecule has 0 atom stereocenters. The summed E-state index contributed by atoms with van der Waals surface area (Å²) in [5.74, 6) is -1.75. The molecular weight excluding hydrogens is 294 g/mol. The van der Waals surface area contributed by atoms with E-state index < -0.39 is 40.7 Å². The molecule has 1 aromatic carbocycles. The molecule has 0 bridgehead atoms. The molecule has 0 saturated heterocycles. The van der Waals surface area contributed by atoms with Crippen molar-refractivity contribution in [1.82, 2.24) is 10.2 Å². The first-order valence-corrected chi connectivity index (χ1v) is 4.93. The molecule has 0 spiro atoms. The highest BCUT2D eigenvalue weighted by Gasteiger charge is 2.37. The fraction of sp³-hybridized carbons (Fsp3) is 0.200. The third-order valence-electron chi connectivity index (χ3n) is 2.27. The average Bonchev–Trinajstić information content (AvgIpc) is 2.73. The van der Waals surface area contributed by atoms with E-state index in [4.69, 9.17) is 0 Å². The van der Waals surface area contributed by atoms with E-state index in [2.05, 4.69) is 9.52 Å². The van der Waals surface area contributed by atoms with Crippen LogP contribution in [0.5, 0.6) is 0 Å². The van der Waals surface area contributed by atoms with E-state index in [1.807, 2.05) is 0 Å². The summed E-state index contributed by atoms with van der Waals surface area (Å²) in [4.78, 5) is 10.7. The van der Waals surface area contributed by atoms with Crippen LogP contribution in [-0.4, -0.2) is 10.2 Å². The van der Waals surface area contributed by atoms with Crippen LogP contribution in [0, 0.1) is 0 Å². The normalized spacial score (nSPS) is 12.7. The van der Waals surface area contributed by atoms with Crippen molar-refractivity contribution < 1.29 is 30.8 Å². The summed E-state index contributed by atoms with van der Waals surface area (Å²) >= 11 is 0. The van der Waals surface area contributed by atoms with E-state index in [1.54, 1.807) is 5.10 Å². The molecule has 0 aliphatic rings. The van der Waals surface area contributed by atoms with Gasteiger partial charge in [-0.25, -0.2) is 9.89 Å². The smallest absolute Gasteiger partial charge is 0.388 e. The third-order valence-corrected chi connectivity index (χ3v) is 2.27. The van der Waals surface area contributed by atoms with Crippen molar-refractivity contribution in [1.29, 1.82) is 0 Å². The lowest BCUT2D eigenvalue weighted by Crippen LogP contribution is -2.11. The highest BCUT2D eigenvalue weighted by Crippen LogP contribution is 2.38. The van der Waals surface area contributed by atoms with Gasteiger partial charge >= 0.3 is 18.1 Å². The molecule has 1 N–H and O–H groups in total. The molecular formula is C10H4F6N2O2. The van der Waals surface area contributed by atoms with Crippen molar-refractivity contribution >= 4 is 0 Å². The Balaban J connectivity index is 2.66. The number of benzene rings is 1. The second-order valence-electron chi connectivity index (χ2n) is 3.71. The zero-order valence-electron chi connectivity index (χ0n) is 9.26. The first kappa shape index (κ1) is 14.2. The number of nitrogens with zero attached hydrogens (tertiary/aromatic N) is 1. The van der Waals surface area contributed by atoms with Crippen LogP contribution in [-0.2, 0) is 12.4 Å². The van der Waals surface area contributed by atoms with Crippen LogP contribution in [0.4, 0.5) is 26.3 Å². The number of hydrogen-bond donors (Lipinski definition) is 1. The quantitative estimate of drug-likeness (QED) is 0.823. The summed E-state index contributed by atoms with van der Waals surface area (Å²) in [6, 6.07) is 0.789. The van der Waals surface area contributed by atoms with Gasteiger partial charge in [0.15, 0.2) is 0 Å². The van der Waals surface area contributed by atoms with E-state index in [0.717, 1.165) is 0 Å². The summed E-state index contributed by atoms with van der Waals surface area (Å²) in [6.45, 7) is 0. The molecule has 10 heteroatoms. The maximum atomic E-state index is 12.6. The van der Waals surface area contributed by atoms with Gasteiger partial charge in [-0.1, -0.05) is 0 Å². The topological polar surface area (TPSA) is 58.9 Å². The van der Waals surface area contributed by atoms with Crippen LogP contribution in [0.15, 0.2) is 27.4 Å². The van der Waals surface area contributed by atoms with Crippen molar-refractivity contribution in [2.45, 2.75) is 12.4 Å². The first-order chi connectivity index (χ1) is 9.07. The predicted octanol–water partition coefficient (Wildman–Crippen LogP) is 3.07. The van der Waals surface area contributed by atoms with Gasteiger partial charge in [-0.05, 0) is 18.2 Å². The van der Waals surface area contributed by atoms with Crippen LogP contribution < -0.4 is 5.76 Å². The Hall–Kier alpha value is -2.26. The Labute approximate surface area is 106 Å². The van der Waals surface area contributed by atoms with Crippen molar-refractivity contribution in [3.8, 4) is 11.5 Å². The molecule has 0 aliphatic carbocycles. The zero-order chi connectivity index (χ0) is 15.1. The second-order valence-corrected chi connectivity index (χ2v) is 3.71. The molecule has 0 unspecified atom stereocenters. The number of rotatable bonds is 1. The largest absolute Gasteiger partial charge is 0.434 e. The zero-order valence-corrected chi connectivity index (χ0v) is 9.26. The van der Waals surface area contributed by atoms with Crippen molar-refractivity contribution in [2.24, 2.45) is 0 Å². The molecule has 0 radical (unpaired) electrons. The van der Waals surface area contributed by atoms with Crippen molar-refractivity contribution in [3.05, 3.63) is 39.9 Å². The molecule has 2 rings (SSSR count). The summed E-state index contributed by atoms with van der Waals surface area (Å²) in [6.07, 6.45) is -9.96. The second kappa shape index (κ2) is 4.39. The number of H-pyrrole nitrogens is 1. The molecule has 0 aliphatic heterocycles. The molecule has 1 aromatic heterocycles. The van der Waals surface area contributed by atoms with Gasteiger partial charge in [-0.3, -0.25) is 0 Å². The summed E-state index contributed by atoms with van der Waals surface area (Å²) in [5.41, 5.74) is -3.65. The van der Waals surface area contributed by atoms with Gasteiger partial charge in [0.1, 0.15) is 0 Å². The van der Waals surface area contributed by atoms with Crippen LogP contribution in [0.1, 0.15) is 11.1 Å². The minimum absolute atomic E-state index is 0.0335. The molecule has 108 valence electrons. The highest BCUT2D eigenvalue weighted by molar-refractivity contribution is 5.56. The number of alkyl halides is 6. The van der Waals surface area contributed by atoms with Gasteiger partial charge in [0.25, 0.3) is 0 Å². The van der Waals surface area contributed by atoms with Gasteiger partial charge in [0.2, 0.25) is 5.89 Å². The number of nitrogens with one attached hydrogen (secondary N) is 1. The van der Waals surface area contributed by atoms with Gasteiger partial charge in [0.05, 0.1) is 11.1 Å². The van der Waals surface area contributed by atoms with E-state index in [0.29, 0.717) is 12.1 Å². The SMILES string of the molecule is O=c1[nH]nc(-c2cc(C(F)(F)F)cc(C(F)(F)F)c2)o1. The molecule has 20 heavy (non-hydrogen) atoms. The van der Waals surface area contributed by atoms with Crippen LogP contribution in [0.3, 0.4) is 0 Å². The lowest BCUT2D eigenvalue weighted by atomic mass is 10.0. The maximum absolute atomic E-state index is 12.6. The highest BCUT2D eigenvalue weighted by atomic mass is 19.4. The monoisotopic (exact) mass is 298 g/mol. The standard InChI is InChI=1S/C10H4F6N2O2/c11-9(12,13)5-1-4(7-17-18-8(19)20-7)2-6(3-5)10(14,15)16/h1-3H,(H,18,19). The lowest BCUT2D eigenvalue weighted by molar-refractivity contribution is -0.143. The number of hydrogen-bond acceptors (Lipinski definition) is 3. The molecule has 2 aromatic rings. The van der Waals surface area contributed by atoms with Crippen LogP contribution in [0.25, 0.3) is 11.5 Å². The van der Waals surface area contributed by atoms with E-state index in [-0.39, 0.29) is 6.07 Å². The van der Waals surface area contributed by atoms with Crippen molar-refractivity contribution in [2.75, 3.05) is 0 Å². The number of halogens is 6. The fourth-order valence-electron chi connectivity index (χ4n) is 1.43. The Bertz CT molecular complexity index is 650. The first-order valence-electron chi connectivity index (χ1n) is 4.93. The molecule has 0 saturated carbocycles. The predicted molar refractivity (Wildman–Crippen MR) is 52.6 cm³/mol. The Morgan fingerprint density at radius 1 is 0.950 bits per heavy atom. The minimum Gasteiger partial charge on any atom is -0.388 e. The Morgan fingerprint density at radius 3 is 1.80 bits per heavy atom. The summed E-state index contributed by atoms with van der Waals surface area (Å²) in [7, 11) is 0. The number of aromatic amines is 1. The Morgan fingerprint density at radius 2 is 1.45 bits per heavy atom. The summed E-state index contributed by atoms with van der Waals surface area (Å²) in [5, 5.41) is 4.94. The average molecular weight is 298 g/mol. The van der Waals surface area contributed by atoms with Gasteiger partial charge in [-0.2, -0.15) is 26.3 Å². The molecule has 0 fully saturated rings. The Kier molecular flexibility index (Phi) is 3.11. The molecule has 1 heterocycles. The van der Waals surface area contributed by atoms with Crippen molar-refractivity contribution in [3.63, 3.8) is 0 Å². The molecule has 4 nitrogen and oxygen atoms in total. The van der Waals surface area contributed by atoms with E-state index >= 15 is 0 Å².